The van der Waals surface area contributed by atoms with Gasteiger partial charge in [0.1, 0.15) is 11.7 Å². The summed E-state index contributed by atoms with van der Waals surface area (Å²) in [6, 6.07) is 6.20. The van der Waals surface area contributed by atoms with Crippen molar-refractivity contribution < 1.29 is 9.57 Å². The van der Waals surface area contributed by atoms with Crippen LogP contribution in [0.1, 0.15) is 5.56 Å². The number of rotatable bonds is 3. The molecular weight excluding hydrogens is 186 g/mol. The summed E-state index contributed by atoms with van der Waals surface area (Å²) in [7, 11) is 1.61. The van der Waals surface area contributed by atoms with Crippen LogP contribution in [0.4, 0.5) is 0 Å². The van der Waals surface area contributed by atoms with Crippen LogP contribution in [0.15, 0.2) is 23.1 Å². The minimum Gasteiger partial charge on any atom is -0.481 e. The molecule has 1 N–H and O–H groups in total. The zero-order valence-electron chi connectivity index (χ0n) is 7.37. The summed E-state index contributed by atoms with van der Waals surface area (Å²) in [6.45, 7) is 0.706. The molecule has 0 amide bonds. The van der Waals surface area contributed by atoms with Gasteiger partial charge in [0.15, 0.2) is 0 Å². The molecule has 0 saturated heterocycles. The van der Waals surface area contributed by atoms with Gasteiger partial charge in [-0.1, -0.05) is 17.8 Å². The summed E-state index contributed by atoms with van der Waals surface area (Å²) in [5.41, 5.74) is 3.96. The third-order valence-corrected chi connectivity index (χ3v) is 2.74. The van der Waals surface area contributed by atoms with Crippen LogP contribution in [-0.4, -0.2) is 13.0 Å². The molecule has 0 bridgehead atoms. The fraction of sp³-hybridized carbons (Fsp3) is 0.333. The first kappa shape index (κ1) is 8.87. The first-order chi connectivity index (χ1) is 6.40. The number of fused-ring (bicyclic) bond motifs is 1. The van der Waals surface area contributed by atoms with Gasteiger partial charge in [0.05, 0.1) is 12.0 Å². The van der Waals surface area contributed by atoms with Gasteiger partial charge in [-0.25, -0.2) is 0 Å². The van der Waals surface area contributed by atoms with E-state index < -0.39 is 0 Å². The summed E-state index contributed by atoms with van der Waals surface area (Å²) in [5.74, 6) is 1.72. The van der Waals surface area contributed by atoms with Crippen molar-refractivity contribution in [1.82, 2.24) is 5.48 Å². The normalized spacial score (nSPS) is 13.9. The summed E-state index contributed by atoms with van der Waals surface area (Å²) < 4.78 is 5.41. The topological polar surface area (TPSA) is 30.5 Å². The van der Waals surface area contributed by atoms with Gasteiger partial charge in [-0.15, -0.1) is 0 Å². The van der Waals surface area contributed by atoms with Crippen molar-refractivity contribution in [2.45, 2.75) is 11.4 Å². The largest absolute Gasteiger partial charge is 0.481 e. The molecule has 1 heterocycles. The Kier molecular flexibility index (Phi) is 2.73. The highest BCUT2D eigenvalue weighted by molar-refractivity contribution is 7.99. The Hall–Kier alpha value is -0.710. The van der Waals surface area contributed by atoms with Gasteiger partial charge >= 0.3 is 0 Å². The number of hydroxylamine groups is 1. The van der Waals surface area contributed by atoms with E-state index in [1.54, 1.807) is 18.9 Å². The lowest BCUT2D eigenvalue weighted by Crippen LogP contribution is -2.10. The molecule has 0 aliphatic carbocycles. The predicted molar refractivity (Wildman–Crippen MR) is 51.6 cm³/mol. The molecule has 0 fully saturated rings. The second-order valence-electron chi connectivity index (χ2n) is 2.71. The van der Waals surface area contributed by atoms with E-state index in [0.717, 1.165) is 11.7 Å². The quantitative estimate of drug-likeness (QED) is 0.748. The van der Waals surface area contributed by atoms with Crippen molar-refractivity contribution in [3.63, 3.8) is 0 Å². The average molecular weight is 197 g/mol. The number of hydrogen-bond acceptors (Lipinski definition) is 4. The van der Waals surface area contributed by atoms with Crippen molar-refractivity contribution in [1.29, 1.82) is 0 Å². The highest BCUT2D eigenvalue weighted by Crippen LogP contribution is 2.36. The lowest BCUT2D eigenvalue weighted by atomic mass is 10.2. The van der Waals surface area contributed by atoms with Crippen molar-refractivity contribution in [2.75, 3.05) is 13.0 Å². The standard InChI is InChI=1S/C9H11NO2S/c1-11-10-5-7-2-3-9-8(4-7)12-6-13-9/h2-4,10H,5-6H2,1H3. The Morgan fingerprint density at radius 3 is 3.38 bits per heavy atom. The Labute approximate surface area is 81.4 Å². The second kappa shape index (κ2) is 4.00. The van der Waals surface area contributed by atoms with Crippen LogP contribution in [0.2, 0.25) is 0 Å². The summed E-state index contributed by atoms with van der Waals surface area (Å²) in [4.78, 5) is 5.99. The molecule has 70 valence electrons. The molecule has 1 aliphatic rings. The molecule has 2 rings (SSSR count). The van der Waals surface area contributed by atoms with E-state index in [0.29, 0.717) is 6.54 Å². The van der Waals surface area contributed by atoms with E-state index >= 15 is 0 Å². The van der Waals surface area contributed by atoms with Gasteiger partial charge in [-0.05, 0) is 17.7 Å². The fourth-order valence-electron chi connectivity index (χ4n) is 1.21. The summed E-state index contributed by atoms with van der Waals surface area (Å²) in [6.07, 6.45) is 0. The molecule has 13 heavy (non-hydrogen) atoms. The van der Waals surface area contributed by atoms with Crippen LogP contribution in [0.5, 0.6) is 5.75 Å². The van der Waals surface area contributed by atoms with E-state index in [2.05, 4.69) is 17.6 Å². The molecule has 0 atom stereocenters. The molecule has 1 aromatic carbocycles. The molecule has 1 aliphatic heterocycles. The van der Waals surface area contributed by atoms with E-state index in [4.69, 9.17) is 9.57 Å². The van der Waals surface area contributed by atoms with Crippen LogP contribution in [0, 0.1) is 0 Å². The lowest BCUT2D eigenvalue weighted by Gasteiger charge is -2.03. The zero-order chi connectivity index (χ0) is 9.10. The number of benzene rings is 1. The molecule has 0 aromatic heterocycles. The van der Waals surface area contributed by atoms with Crippen LogP contribution < -0.4 is 10.2 Å². The maximum atomic E-state index is 5.41. The highest BCUT2D eigenvalue weighted by Gasteiger charge is 2.12. The molecule has 4 heteroatoms. The second-order valence-corrected chi connectivity index (χ2v) is 3.68. The SMILES string of the molecule is CONCc1ccc2c(c1)OCS2. The van der Waals surface area contributed by atoms with Gasteiger partial charge < -0.3 is 9.57 Å². The molecular formula is C9H11NO2S. The van der Waals surface area contributed by atoms with Crippen LogP contribution in [0.3, 0.4) is 0 Å². The van der Waals surface area contributed by atoms with E-state index in [9.17, 15) is 0 Å². The lowest BCUT2D eigenvalue weighted by molar-refractivity contribution is 0.0866. The maximum Gasteiger partial charge on any atom is 0.138 e. The third kappa shape index (κ3) is 1.96. The number of thioether (sulfide) groups is 1. The third-order valence-electron chi connectivity index (χ3n) is 1.86. The number of hydrogen-bond donors (Lipinski definition) is 1. The van der Waals surface area contributed by atoms with Gasteiger partial charge in [0.2, 0.25) is 0 Å². The first-order valence-electron chi connectivity index (χ1n) is 4.04. The van der Waals surface area contributed by atoms with Gasteiger partial charge in [-0.2, -0.15) is 5.48 Å². The number of nitrogens with one attached hydrogen (secondary N) is 1. The maximum absolute atomic E-state index is 5.41. The average Bonchev–Trinajstić information content (AvgIpc) is 2.61. The molecule has 0 saturated carbocycles. The van der Waals surface area contributed by atoms with Gasteiger partial charge in [-0.3, -0.25) is 0 Å². The Morgan fingerprint density at radius 2 is 2.54 bits per heavy atom. The fourth-order valence-corrected chi connectivity index (χ4v) is 1.94. The zero-order valence-corrected chi connectivity index (χ0v) is 8.19. The van der Waals surface area contributed by atoms with Gasteiger partial charge in [0.25, 0.3) is 0 Å². The van der Waals surface area contributed by atoms with Crippen molar-refractivity contribution in [3.8, 4) is 5.75 Å². The minimum atomic E-state index is 0.706. The van der Waals surface area contributed by atoms with E-state index in [-0.39, 0.29) is 0 Å². The first-order valence-corrected chi connectivity index (χ1v) is 5.03. The van der Waals surface area contributed by atoms with Crippen molar-refractivity contribution >= 4 is 11.8 Å². The van der Waals surface area contributed by atoms with Gasteiger partial charge in [0, 0.05) is 6.54 Å². The molecule has 0 spiro atoms. The van der Waals surface area contributed by atoms with Crippen LogP contribution in [0.25, 0.3) is 0 Å². The molecule has 0 unspecified atom stereocenters. The minimum absolute atomic E-state index is 0.706. The molecule has 0 radical (unpaired) electrons. The Morgan fingerprint density at radius 1 is 1.62 bits per heavy atom. The Balaban J connectivity index is 2.12. The molecule has 3 nitrogen and oxygen atoms in total. The monoisotopic (exact) mass is 197 g/mol. The predicted octanol–water partition coefficient (Wildman–Crippen LogP) is 1.78. The van der Waals surface area contributed by atoms with Crippen LogP contribution >= 0.6 is 11.8 Å². The highest BCUT2D eigenvalue weighted by atomic mass is 32.2. The van der Waals surface area contributed by atoms with Crippen LogP contribution in [-0.2, 0) is 11.4 Å². The summed E-state index contributed by atoms with van der Waals surface area (Å²) in [5, 5.41) is 0. The number of ether oxygens (including phenoxy) is 1. The van der Waals surface area contributed by atoms with Crippen molar-refractivity contribution in [2.24, 2.45) is 0 Å². The smallest absolute Gasteiger partial charge is 0.138 e. The van der Waals surface area contributed by atoms with Crippen molar-refractivity contribution in [3.05, 3.63) is 23.8 Å². The Bertz CT molecular complexity index is 304. The molecule has 1 aromatic rings. The summed E-state index contributed by atoms with van der Waals surface area (Å²) >= 11 is 1.73. The van der Waals surface area contributed by atoms with E-state index in [1.807, 2.05) is 6.07 Å². The van der Waals surface area contributed by atoms with E-state index in [1.165, 1.54) is 10.5 Å².